The van der Waals surface area contributed by atoms with Gasteiger partial charge in [0.25, 0.3) is 0 Å². The molecule has 0 aliphatic carbocycles. The van der Waals surface area contributed by atoms with E-state index in [0.717, 1.165) is 5.56 Å². The van der Waals surface area contributed by atoms with Crippen molar-refractivity contribution >= 4 is 10.0 Å². The zero-order valence-electron chi connectivity index (χ0n) is 9.27. The summed E-state index contributed by atoms with van der Waals surface area (Å²) < 4.78 is 25.9. The van der Waals surface area contributed by atoms with Crippen molar-refractivity contribution in [3.63, 3.8) is 0 Å². The Bertz CT molecular complexity index is 486. The van der Waals surface area contributed by atoms with Crippen LogP contribution >= 0.6 is 0 Å². The average molecular weight is 238 g/mol. The minimum atomic E-state index is -3.48. The van der Waals surface area contributed by atoms with Gasteiger partial charge in [-0.1, -0.05) is 17.7 Å². The second-order valence-corrected chi connectivity index (χ2v) is 5.46. The Morgan fingerprint density at radius 3 is 2.44 bits per heavy atom. The third-order valence-electron chi connectivity index (χ3n) is 2.13. The molecule has 0 aliphatic rings. The van der Waals surface area contributed by atoms with Gasteiger partial charge < -0.3 is 0 Å². The van der Waals surface area contributed by atoms with Crippen LogP contribution in [-0.4, -0.2) is 15.0 Å². The molecule has 0 radical (unpaired) electrons. The maximum Gasteiger partial charge on any atom is 0.240 e. The summed E-state index contributed by atoms with van der Waals surface area (Å²) in [5, 5.41) is 8.55. The Kier molecular flexibility index (Phi) is 4.05. The summed E-state index contributed by atoms with van der Waals surface area (Å²) in [6.45, 7) is 3.69. The molecule has 0 fully saturated rings. The van der Waals surface area contributed by atoms with Crippen molar-refractivity contribution in [3.8, 4) is 6.07 Å². The molecule has 0 amide bonds. The van der Waals surface area contributed by atoms with Crippen LogP contribution in [0.2, 0.25) is 0 Å². The molecular formula is C11H14N2O2S. The number of nitrogens with zero attached hydrogens (tertiary/aromatic N) is 1. The van der Waals surface area contributed by atoms with Crippen molar-refractivity contribution in [1.29, 1.82) is 5.26 Å². The van der Waals surface area contributed by atoms with Gasteiger partial charge >= 0.3 is 0 Å². The van der Waals surface area contributed by atoms with E-state index >= 15 is 0 Å². The van der Waals surface area contributed by atoms with E-state index in [0.29, 0.717) is 0 Å². The van der Waals surface area contributed by atoms with Crippen LogP contribution in [0, 0.1) is 24.2 Å². The lowest BCUT2D eigenvalue weighted by molar-refractivity contribution is 0.573. The zero-order valence-corrected chi connectivity index (χ0v) is 10.1. The second kappa shape index (κ2) is 5.10. The standard InChI is InChI=1S/C11H14N2O2S/c1-9-3-5-11(6-4-9)16(14,15)13-8-10(2)7-12/h3-6,10,13H,8H2,1-2H3. The summed E-state index contributed by atoms with van der Waals surface area (Å²) in [7, 11) is -3.48. The first-order valence-electron chi connectivity index (χ1n) is 4.91. The van der Waals surface area contributed by atoms with Gasteiger partial charge in [-0.3, -0.25) is 0 Å². The topological polar surface area (TPSA) is 70.0 Å². The van der Waals surface area contributed by atoms with Gasteiger partial charge in [0.15, 0.2) is 0 Å². The number of nitrogens with one attached hydrogen (secondary N) is 1. The van der Waals surface area contributed by atoms with Crippen molar-refractivity contribution in [3.05, 3.63) is 29.8 Å². The predicted molar refractivity (Wildman–Crippen MR) is 61.1 cm³/mol. The maximum atomic E-state index is 11.7. The van der Waals surface area contributed by atoms with E-state index in [9.17, 15) is 8.42 Å². The zero-order chi connectivity index (χ0) is 12.2. The Morgan fingerprint density at radius 2 is 1.94 bits per heavy atom. The molecule has 16 heavy (non-hydrogen) atoms. The molecular weight excluding hydrogens is 224 g/mol. The van der Waals surface area contributed by atoms with Crippen LogP contribution in [-0.2, 0) is 10.0 Å². The molecule has 1 aromatic carbocycles. The third-order valence-corrected chi connectivity index (χ3v) is 3.57. The summed E-state index contributed by atoms with van der Waals surface area (Å²) in [4.78, 5) is 0.225. The molecule has 4 nitrogen and oxygen atoms in total. The van der Waals surface area contributed by atoms with Crippen LogP contribution in [0.1, 0.15) is 12.5 Å². The first-order valence-corrected chi connectivity index (χ1v) is 6.40. The lowest BCUT2D eigenvalue weighted by Crippen LogP contribution is -2.27. The minimum Gasteiger partial charge on any atom is -0.210 e. The number of aryl methyl sites for hydroxylation is 1. The smallest absolute Gasteiger partial charge is 0.210 e. The normalized spacial score (nSPS) is 13.1. The third kappa shape index (κ3) is 3.33. The van der Waals surface area contributed by atoms with Gasteiger partial charge in [0.2, 0.25) is 10.0 Å². The van der Waals surface area contributed by atoms with Crippen LogP contribution in [0.25, 0.3) is 0 Å². The fourth-order valence-electron chi connectivity index (χ4n) is 1.08. The van der Waals surface area contributed by atoms with E-state index in [4.69, 9.17) is 5.26 Å². The van der Waals surface area contributed by atoms with Gasteiger partial charge in [0, 0.05) is 6.54 Å². The van der Waals surface area contributed by atoms with E-state index in [1.165, 1.54) is 0 Å². The maximum absolute atomic E-state index is 11.7. The first-order chi connectivity index (χ1) is 7.45. The van der Waals surface area contributed by atoms with E-state index < -0.39 is 10.0 Å². The summed E-state index contributed by atoms with van der Waals surface area (Å²) in [5.74, 6) is -0.333. The van der Waals surface area contributed by atoms with Crippen LogP contribution in [0.3, 0.4) is 0 Å². The second-order valence-electron chi connectivity index (χ2n) is 3.70. The largest absolute Gasteiger partial charge is 0.240 e. The van der Waals surface area contributed by atoms with Crippen molar-refractivity contribution < 1.29 is 8.42 Å². The first kappa shape index (κ1) is 12.7. The number of hydrogen-bond acceptors (Lipinski definition) is 3. The molecule has 1 unspecified atom stereocenters. The molecule has 0 aliphatic heterocycles. The SMILES string of the molecule is Cc1ccc(S(=O)(=O)NCC(C)C#N)cc1. The Morgan fingerprint density at radius 1 is 1.38 bits per heavy atom. The Balaban J connectivity index is 2.79. The summed E-state index contributed by atoms with van der Waals surface area (Å²) in [6, 6.07) is 8.55. The van der Waals surface area contributed by atoms with Crippen molar-refractivity contribution in [2.75, 3.05) is 6.54 Å². The predicted octanol–water partition coefficient (Wildman–Crippen LogP) is 1.43. The van der Waals surface area contributed by atoms with Crippen molar-refractivity contribution in [2.45, 2.75) is 18.7 Å². The molecule has 0 saturated carbocycles. The number of rotatable bonds is 4. The fraction of sp³-hybridized carbons (Fsp3) is 0.364. The molecule has 0 bridgehead atoms. The van der Waals surface area contributed by atoms with Crippen LogP contribution in [0.4, 0.5) is 0 Å². The highest BCUT2D eigenvalue weighted by Crippen LogP contribution is 2.09. The van der Waals surface area contributed by atoms with Crippen molar-refractivity contribution in [1.82, 2.24) is 4.72 Å². The minimum absolute atomic E-state index is 0.132. The molecule has 86 valence electrons. The van der Waals surface area contributed by atoms with E-state index in [2.05, 4.69) is 4.72 Å². The molecule has 1 N–H and O–H groups in total. The highest BCUT2D eigenvalue weighted by Gasteiger charge is 2.14. The van der Waals surface area contributed by atoms with E-state index in [1.807, 2.05) is 13.0 Å². The molecule has 0 spiro atoms. The molecule has 1 rings (SSSR count). The van der Waals surface area contributed by atoms with Gasteiger partial charge in [-0.2, -0.15) is 5.26 Å². The van der Waals surface area contributed by atoms with Crippen LogP contribution in [0.5, 0.6) is 0 Å². The molecule has 1 atom stereocenters. The average Bonchev–Trinajstić information content (AvgIpc) is 2.26. The van der Waals surface area contributed by atoms with E-state index in [1.54, 1.807) is 31.2 Å². The lowest BCUT2D eigenvalue weighted by Gasteiger charge is -2.07. The Hall–Kier alpha value is -1.38. The molecule has 5 heteroatoms. The van der Waals surface area contributed by atoms with Gasteiger partial charge in [-0.05, 0) is 26.0 Å². The summed E-state index contributed by atoms with van der Waals surface area (Å²) in [5.41, 5.74) is 1.00. The number of hydrogen-bond donors (Lipinski definition) is 1. The van der Waals surface area contributed by atoms with Crippen LogP contribution in [0.15, 0.2) is 29.2 Å². The van der Waals surface area contributed by atoms with Crippen molar-refractivity contribution in [2.24, 2.45) is 5.92 Å². The van der Waals surface area contributed by atoms with Gasteiger partial charge in [0.1, 0.15) is 0 Å². The van der Waals surface area contributed by atoms with E-state index in [-0.39, 0.29) is 17.4 Å². The molecule has 0 saturated heterocycles. The highest BCUT2D eigenvalue weighted by atomic mass is 32.2. The Labute approximate surface area is 96.0 Å². The monoisotopic (exact) mass is 238 g/mol. The number of nitriles is 1. The number of sulfonamides is 1. The molecule has 0 aromatic heterocycles. The van der Waals surface area contributed by atoms with Gasteiger partial charge in [0.05, 0.1) is 16.9 Å². The number of benzene rings is 1. The highest BCUT2D eigenvalue weighted by molar-refractivity contribution is 7.89. The summed E-state index contributed by atoms with van der Waals surface area (Å²) >= 11 is 0. The quantitative estimate of drug-likeness (QED) is 0.862. The molecule has 1 aromatic rings. The van der Waals surface area contributed by atoms with Gasteiger partial charge in [-0.15, -0.1) is 0 Å². The lowest BCUT2D eigenvalue weighted by atomic mass is 10.2. The van der Waals surface area contributed by atoms with Gasteiger partial charge in [-0.25, -0.2) is 13.1 Å². The summed E-state index contributed by atoms with van der Waals surface area (Å²) in [6.07, 6.45) is 0. The fourth-order valence-corrected chi connectivity index (χ4v) is 2.21. The molecule has 0 heterocycles. The van der Waals surface area contributed by atoms with Crippen LogP contribution < -0.4 is 4.72 Å².